The van der Waals surface area contributed by atoms with Crippen molar-refractivity contribution in [1.82, 2.24) is 10.1 Å². The van der Waals surface area contributed by atoms with E-state index in [4.69, 9.17) is 14.4 Å². The molecule has 0 unspecified atom stereocenters. The number of aliphatic carboxylic acids is 1. The first-order valence-corrected chi connectivity index (χ1v) is 6.46. The quantitative estimate of drug-likeness (QED) is 0.836. The number of ether oxygens (including phenoxy) is 1. The van der Waals surface area contributed by atoms with Crippen molar-refractivity contribution in [1.29, 1.82) is 0 Å². The van der Waals surface area contributed by atoms with Crippen LogP contribution in [0, 0.1) is 0 Å². The number of carboxylic acid groups (broad SMARTS) is 1. The fourth-order valence-corrected chi connectivity index (χ4v) is 1.61. The molecule has 1 heterocycles. The van der Waals surface area contributed by atoms with Crippen LogP contribution in [0.3, 0.4) is 0 Å². The first-order valence-electron chi connectivity index (χ1n) is 6.46. The van der Waals surface area contributed by atoms with Crippen molar-refractivity contribution in [3.63, 3.8) is 0 Å². The fourth-order valence-electron chi connectivity index (χ4n) is 1.61. The Labute approximate surface area is 116 Å². The summed E-state index contributed by atoms with van der Waals surface area (Å²) in [5.74, 6) is 0.688. The van der Waals surface area contributed by atoms with E-state index in [2.05, 4.69) is 10.1 Å². The molecule has 0 fully saturated rings. The smallest absolute Gasteiger partial charge is 0.303 e. The number of carboxylic acids is 1. The lowest BCUT2D eigenvalue weighted by Gasteiger charge is -2.03. The molecule has 2 aromatic rings. The van der Waals surface area contributed by atoms with Gasteiger partial charge >= 0.3 is 5.97 Å². The number of rotatable bonds is 7. The maximum absolute atomic E-state index is 10.5. The SMILES string of the molecule is CCCOc1ccc(-c2noc(CCC(=O)O)n2)cc1. The molecule has 0 amide bonds. The molecule has 2 rings (SSSR count). The van der Waals surface area contributed by atoms with Gasteiger partial charge in [-0.2, -0.15) is 4.98 Å². The lowest BCUT2D eigenvalue weighted by Crippen LogP contribution is -1.97. The van der Waals surface area contributed by atoms with Gasteiger partial charge in [-0.05, 0) is 30.7 Å². The Balaban J connectivity index is 2.02. The molecule has 1 aromatic heterocycles. The van der Waals surface area contributed by atoms with Crippen molar-refractivity contribution in [2.45, 2.75) is 26.2 Å². The average molecular weight is 276 g/mol. The molecule has 0 radical (unpaired) electrons. The normalized spacial score (nSPS) is 10.4. The molecule has 6 heteroatoms. The van der Waals surface area contributed by atoms with Crippen LogP contribution in [0.2, 0.25) is 0 Å². The Morgan fingerprint density at radius 1 is 1.35 bits per heavy atom. The van der Waals surface area contributed by atoms with Crippen LogP contribution in [-0.2, 0) is 11.2 Å². The minimum absolute atomic E-state index is 0.0224. The summed E-state index contributed by atoms with van der Waals surface area (Å²) in [6.45, 7) is 2.73. The van der Waals surface area contributed by atoms with Gasteiger partial charge in [0.2, 0.25) is 11.7 Å². The maximum atomic E-state index is 10.5. The summed E-state index contributed by atoms with van der Waals surface area (Å²) < 4.78 is 10.5. The van der Waals surface area contributed by atoms with Crippen molar-refractivity contribution >= 4 is 5.97 Å². The molecule has 0 aliphatic rings. The molecular formula is C14H16N2O4. The van der Waals surface area contributed by atoms with Gasteiger partial charge in [0.05, 0.1) is 13.0 Å². The fraction of sp³-hybridized carbons (Fsp3) is 0.357. The predicted octanol–water partition coefficient (Wildman–Crippen LogP) is 2.54. The number of aryl methyl sites for hydroxylation is 1. The van der Waals surface area contributed by atoms with Crippen molar-refractivity contribution < 1.29 is 19.2 Å². The van der Waals surface area contributed by atoms with Crippen LogP contribution in [0.5, 0.6) is 5.75 Å². The van der Waals surface area contributed by atoms with Gasteiger partial charge in [0.25, 0.3) is 0 Å². The van der Waals surface area contributed by atoms with E-state index < -0.39 is 5.97 Å². The topological polar surface area (TPSA) is 85.5 Å². The number of aromatic nitrogens is 2. The second-order valence-electron chi connectivity index (χ2n) is 4.28. The molecule has 0 atom stereocenters. The van der Waals surface area contributed by atoms with Gasteiger partial charge in [0.1, 0.15) is 5.75 Å². The van der Waals surface area contributed by atoms with Crippen molar-refractivity contribution in [2.24, 2.45) is 0 Å². The molecule has 0 bridgehead atoms. The van der Waals surface area contributed by atoms with E-state index in [0.29, 0.717) is 18.3 Å². The van der Waals surface area contributed by atoms with Gasteiger partial charge in [-0.1, -0.05) is 12.1 Å². The maximum Gasteiger partial charge on any atom is 0.303 e. The van der Waals surface area contributed by atoms with Gasteiger partial charge in [0.15, 0.2) is 0 Å². The zero-order valence-corrected chi connectivity index (χ0v) is 11.2. The van der Waals surface area contributed by atoms with Gasteiger partial charge in [-0.15, -0.1) is 0 Å². The molecule has 0 aliphatic carbocycles. The molecule has 1 N–H and O–H groups in total. The van der Waals surface area contributed by atoms with E-state index in [1.165, 1.54) is 0 Å². The van der Waals surface area contributed by atoms with Crippen molar-refractivity contribution in [3.8, 4) is 17.1 Å². The third-order valence-corrected chi connectivity index (χ3v) is 2.61. The van der Waals surface area contributed by atoms with E-state index in [9.17, 15) is 4.79 Å². The van der Waals surface area contributed by atoms with Crippen molar-refractivity contribution in [2.75, 3.05) is 6.61 Å². The molecule has 1 aromatic carbocycles. The monoisotopic (exact) mass is 276 g/mol. The van der Waals surface area contributed by atoms with Gasteiger partial charge in [-0.25, -0.2) is 0 Å². The van der Waals surface area contributed by atoms with E-state index >= 15 is 0 Å². The second-order valence-corrected chi connectivity index (χ2v) is 4.28. The Morgan fingerprint density at radius 3 is 2.75 bits per heavy atom. The summed E-state index contributed by atoms with van der Waals surface area (Å²) in [4.78, 5) is 14.6. The number of benzene rings is 1. The summed E-state index contributed by atoms with van der Waals surface area (Å²) >= 11 is 0. The summed E-state index contributed by atoms with van der Waals surface area (Å²) in [6, 6.07) is 7.38. The van der Waals surface area contributed by atoms with Crippen molar-refractivity contribution in [3.05, 3.63) is 30.2 Å². The molecule has 0 aliphatic heterocycles. The Bertz CT molecular complexity index is 563. The Kier molecular flexibility index (Phi) is 4.70. The molecule has 0 saturated carbocycles. The summed E-state index contributed by atoms with van der Waals surface area (Å²) in [6.07, 6.45) is 1.17. The molecule has 0 saturated heterocycles. The Hall–Kier alpha value is -2.37. The van der Waals surface area contributed by atoms with Gasteiger partial charge in [0, 0.05) is 12.0 Å². The third-order valence-electron chi connectivity index (χ3n) is 2.61. The second kappa shape index (κ2) is 6.70. The highest BCUT2D eigenvalue weighted by molar-refractivity contribution is 5.66. The minimum Gasteiger partial charge on any atom is -0.494 e. The van der Waals surface area contributed by atoms with Crippen LogP contribution in [-0.4, -0.2) is 27.8 Å². The standard InChI is InChI=1S/C14H16N2O4/c1-2-9-19-11-5-3-10(4-6-11)14-15-12(20-16-14)7-8-13(17)18/h3-6H,2,7-9H2,1H3,(H,17,18). The molecule has 6 nitrogen and oxygen atoms in total. The van der Waals surface area contributed by atoms with Crippen LogP contribution >= 0.6 is 0 Å². The van der Waals surface area contributed by atoms with E-state index in [0.717, 1.165) is 17.7 Å². The highest BCUT2D eigenvalue weighted by Gasteiger charge is 2.10. The highest BCUT2D eigenvalue weighted by Crippen LogP contribution is 2.20. The Morgan fingerprint density at radius 2 is 2.10 bits per heavy atom. The summed E-state index contributed by atoms with van der Waals surface area (Å²) in [5.41, 5.74) is 0.805. The lowest BCUT2D eigenvalue weighted by molar-refractivity contribution is -0.137. The summed E-state index contributed by atoms with van der Waals surface area (Å²) in [7, 11) is 0. The van der Waals surface area contributed by atoms with Crippen LogP contribution in [0.25, 0.3) is 11.4 Å². The number of hydrogen-bond acceptors (Lipinski definition) is 5. The summed E-state index contributed by atoms with van der Waals surface area (Å²) in [5, 5.41) is 12.4. The van der Waals surface area contributed by atoms with E-state index in [-0.39, 0.29) is 12.8 Å². The van der Waals surface area contributed by atoms with Crippen LogP contribution in [0.1, 0.15) is 25.7 Å². The average Bonchev–Trinajstić information content (AvgIpc) is 2.92. The number of hydrogen-bond donors (Lipinski definition) is 1. The predicted molar refractivity (Wildman–Crippen MR) is 71.5 cm³/mol. The molecule has 0 spiro atoms. The van der Waals surface area contributed by atoms with Gasteiger partial charge < -0.3 is 14.4 Å². The first kappa shape index (κ1) is 14.0. The minimum atomic E-state index is -0.887. The molecular weight excluding hydrogens is 260 g/mol. The zero-order valence-electron chi connectivity index (χ0n) is 11.2. The van der Waals surface area contributed by atoms with Crippen LogP contribution < -0.4 is 4.74 Å². The third kappa shape index (κ3) is 3.81. The molecule has 106 valence electrons. The van der Waals surface area contributed by atoms with E-state index in [1.807, 2.05) is 31.2 Å². The van der Waals surface area contributed by atoms with E-state index in [1.54, 1.807) is 0 Å². The zero-order chi connectivity index (χ0) is 14.4. The largest absolute Gasteiger partial charge is 0.494 e. The number of carbonyl (C=O) groups is 1. The highest BCUT2D eigenvalue weighted by atomic mass is 16.5. The van der Waals surface area contributed by atoms with Crippen LogP contribution in [0.4, 0.5) is 0 Å². The van der Waals surface area contributed by atoms with Crippen LogP contribution in [0.15, 0.2) is 28.8 Å². The lowest BCUT2D eigenvalue weighted by atomic mass is 10.2. The van der Waals surface area contributed by atoms with Gasteiger partial charge in [-0.3, -0.25) is 4.79 Å². The molecule has 20 heavy (non-hydrogen) atoms. The first-order chi connectivity index (χ1) is 9.69. The number of nitrogens with zero attached hydrogens (tertiary/aromatic N) is 2.